The summed E-state index contributed by atoms with van der Waals surface area (Å²) in [6.07, 6.45) is 1.07. The van der Waals surface area contributed by atoms with E-state index in [9.17, 15) is 20.2 Å². The lowest BCUT2D eigenvalue weighted by Crippen LogP contribution is -2.01. The number of benzene rings is 1. The van der Waals surface area contributed by atoms with Crippen LogP contribution in [0.2, 0.25) is 0 Å². The first-order chi connectivity index (χ1) is 10.0. The molecule has 0 saturated carbocycles. The maximum atomic E-state index is 11.0. The molecular formula is C11H9N5O4S. The highest BCUT2D eigenvalue weighted by molar-refractivity contribution is 7.99. The quantitative estimate of drug-likeness (QED) is 0.507. The molecule has 10 heteroatoms. The maximum absolute atomic E-state index is 11.0. The van der Waals surface area contributed by atoms with Gasteiger partial charge in [0, 0.05) is 13.1 Å². The molecule has 0 amide bonds. The van der Waals surface area contributed by atoms with Gasteiger partial charge in [-0.2, -0.15) is 4.98 Å². The molecule has 108 valence electrons. The van der Waals surface area contributed by atoms with Crippen molar-refractivity contribution in [3.8, 4) is 0 Å². The molecule has 0 spiro atoms. The zero-order valence-electron chi connectivity index (χ0n) is 10.7. The lowest BCUT2D eigenvalue weighted by Gasteiger charge is -2.04. The van der Waals surface area contributed by atoms with Crippen LogP contribution in [-0.2, 0) is 0 Å². The van der Waals surface area contributed by atoms with Gasteiger partial charge < -0.3 is 5.32 Å². The van der Waals surface area contributed by atoms with Gasteiger partial charge in [-0.15, -0.1) is 0 Å². The Labute approximate surface area is 122 Å². The van der Waals surface area contributed by atoms with E-state index in [-0.39, 0.29) is 27.2 Å². The first-order valence-corrected chi connectivity index (χ1v) is 6.45. The van der Waals surface area contributed by atoms with Gasteiger partial charge in [-0.3, -0.25) is 20.2 Å². The Kier molecular flexibility index (Phi) is 4.28. The first kappa shape index (κ1) is 14.7. The van der Waals surface area contributed by atoms with Crippen LogP contribution in [0.4, 0.5) is 17.3 Å². The van der Waals surface area contributed by atoms with Gasteiger partial charge in [0.1, 0.15) is 6.20 Å². The van der Waals surface area contributed by atoms with E-state index in [1.54, 1.807) is 13.1 Å². The largest absolute Gasteiger partial charge is 0.357 e. The number of nitro groups is 2. The van der Waals surface area contributed by atoms with Crippen LogP contribution in [0.15, 0.2) is 40.4 Å². The SMILES string of the molecule is CNc1ncc([N+](=O)[O-])c(Sc2ccccc2[N+](=O)[O-])n1. The lowest BCUT2D eigenvalue weighted by atomic mass is 10.3. The number of nitrogens with zero attached hydrogens (tertiary/aromatic N) is 4. The summed E-state index contributed by atoms with van der Waals surface area (Å²) >= 11 is 0.853. The topological polar surface area (TPSA) is 124 Å². The Balaban J connectivity index is 2.48. The molecule has 0 radical (unpaired) electrons. The molecule has 0 aliphatic carbocycles. The third-order valence-corrected chi connectivity index (χ3v) is 3.48. The summed E-state index contributed by atoms with van der Waals surface area (Å²) < 4.78 is 0. The summed E-state index contributed by atoms with van der Waals surface area (Å²) in [5.41, 5.74) is -0.446. The molecule has 9 nitrogen and oxygen atoms in total. The van der Waals surface area contributed by atoms with E-state index in [1.807, 2.05) is 0 Å². The van der Waals surface area contributed by atoms with Gasteiger partial charge in [0.15, 0.2) is 5.03 Å². The second-order valence-corrected chi connectivity index (χ2v) is 4.75. The monoisotopic (exact) mass is 307 g/mol. The van der Waals surface area contributed by atoms with Crippen LogP contribution >= 0.6 is 11.8 Å². The standard InChI is InChI=1S/C11H9N5O4S/c1-12-11-13-6-8(16(19)20)10(14-11)21-9-5-3-2-4-7(9)15(17)18/h2-6H,1H3,(H,12,13,14). The Morgan fingerprint density at radius 3 is 2.43 bits per heavy atom. The molecule has 0 saturated heterocycles. The fraction of sp³-hybridized carbons (Fsp3) is 0.0909. The van der Waals surface area contributed by atoms with E-state index >= 15 is 0 Å². The summed E-state index contributed by atoms with van der Waals surface area (Å²) in [5.74, 6) is 0.196. The van der Waals surface area contributed by atoms with Crippen molar-refractivity contribution < 1.29 is 9.85 Å². The molecule has 21 heavy (non-hydrogen) atoms. The predicted octanol–water partition coefficient (Wildman–Crippen LogP) is 2.49. The van der Waals surface area contributed by atoms with Crippen molar-refractivity contribution in [1.82, 2.24) is 9.97 Å². The minimum absolute atomic E-state index is 0.0358. The van der Waals surface area contributed by atoms with Crippen LogP contribution in [0.1, 0.15) is 0 Å². The molecule has 2 rings (SSSR count). The molecule has 1 aromatic carbocycles. The summed E-state index contributed by atoms with van der Waals surface area (Å²) in [7, 11) is 1.57. The molecule has 1 aromatic heterocycles. The number of nitro benzene ring substituents is 1. The minimum Gasteiger partial charge on any atom is -0.357 e. The first-order valence-electron chi connectivity index (χ1n) is 5.63. The maximum Gasteiger partial charge on any atom is 0.320 e. The molecule has 1 N–H and O–H groups in total. The van der Waals surface area contributed by atoms with Crippen molar-refractivity contribution in [2.75, 3.05) is 12.4 Å². The minimum atomic E-state index is -0.628. The van der Waals surface area contributed by atoms with Gasteiger partial charge in [0.25, 0.3) is 5.69 Å². The van der Waals surface area contributed by atoms with Crippen LogP contribution in [0.5, 0.6) is 0 Å². The van der Waals surface area contributed by atoms with Crippen LogP contribution < -0.4 is 5.32 Å². The molecule has 0 atom stereocenters. The molecule has 1 heterocycles. The molecular weight excluding hydrogens is 298 g/mol. The van der Waals surface area contributed by atoms with E-state index in [2.05, 4.69) is 15.3 Å². The van der Waals surface area contributed by atoms with Crippen molar-refractivity contribution in [1.29, 1.82) is 0 Å². The van der Waals surface area contributed by atoms with Gasteiger partial charge in [0.05, 0.1) is 14.7 Å². The number of aromatic nitrogens is 2. The average Bonchev–Trinajstić information content (AvgIpc) is 2.47. The van der Waals surface area contributed by atoms with Gasteiger partial charge in [0.2, 0.25) is 5.95 Å². The number of hydrogen-bond donors (Lipinski definition) is 1. The van der Waals surface area contributed by atoms with Crippen LogP contribution in [-0.4, -0.2) is 26.9 Å². The number of para-hydroxylation sites is 1. The number of rotatable bonds is 5. The van der Waals surface area contributed by atoms with Crippen molar-refractivity contribution in [2.45, 2.75) is 9.92 Å². The zero-order valence-corrected chi connectivity index (χ0v) is 11.5. The van der Waals surface area contributed by atoms with Crippen molar-refractivity contribution in [3.63, 3.8) is 0 Å². The summed E-state index contributed by atoms with van der Waals surface area (Å²) in [5, 5.41) is 24.7. The molecule has 0 aliphatic heterocycles. The van der Waals surface area contributed by atoms with Gasteiger partial charge in [-0.05, 0) is 6.07 Å². The van der Waals surface area contributed by atoms with Crippen LogP contribution in [0.25, 0.3) is 0 Å². The fourth-order valence-electron chi connectivity index (χ4n) is 1.48. The second-order valence-electron chi connectivity index (χ2n) is 3.72. The molecule has 0 fully saturated rings. The normalized spacial score (nSPS) is 10.1. The Morgan fingerprint density at radius 2 is 1.81 bits per heavy atom. The van der Waals surface area contributed by atoms with Gasteiger partial charge >= 0.3 is 5.69 Å². The highest BCUT2D eigenvalue weighted by atomic mass is 32.2. The van der Waals surface area contributed by atoms with E-state index < -0.39 is 9.85 Å². The van der Waals surface area contributed by atoms with Gasteiger partial charge in [-0.25, -0.2) is 4.98 Å². The second kappa shape index (κ2) is 6.13. The lowest BCUT2D eigenvalue weighted by molar-refractivity contribution is -0.388. The number of nitrogens with one attached hydrogen (secondary N) is 1. The zero-order chi connectivity index (χ0) is 15.4. The molecule has 0 unspecified atom stereocenters. The molecule has 0 bridgehead atoms. The fourth-order valence-corrected chi connectivity index (χ4v) is 2.45. The Hall–Kier alpha value is -2.75. The smallest absolute Gasteiger partial charge is 0.320 e. The summed E-state index contributed by atoms with van der Waals surface area (Å²) in [4.78, 5) is 28.8. The van der Waals surface area contributed by atoms with Gasteiger partial charge in [-0.1, -0.05) is 23.9 Å². The predicted molar refractivity (Wildman–Crippen MR) is 75.5 cm³/mol. The average molecular weight is 307 g/mol. The van der Waals surface area contributed by atoms with Crippen molar-refractivity contribution >= 4 is 29.1 Å². The van der Waals surface area contributed by atoms with E-state index in [4.69, 9.17) is 0 Å². The number of hydrogen-bond acceptors (Lipinski definition) is 8. The molecule has 0 aliphatic rings. The van der Waals surface area contributed by atoms with Crippen LogP contribution in [0.3, 0.4) is 0 Å². The molecule has 2 aromatic rings. The highest BCUT2D eigenvalue weighted by Crippen LogP contribution is 2.37. The third kappa shape index (κ3) is 3.23. The van der Waals surface area contributed by atoms with Crippen molar-refractivity contribution in [3.05, 3.63) is 50.7 Å². The summed E-state index contributed by atoms with van der Waals surface area (Å²) in [6.45, 7) is 0. The van der Waals surface area contributed by atoms with Crippen LogP contribution in [0, 0.1) is 20.2 Å². The van der Waals surface area contributed by atoms with E-state index in [0.29, 0.717) is 0 Å². The van der Waals surface area contributed by atoms with E-state index in [0.717, 1.165) is 18.0 Å². The van der Waals surface area contributed by atoms with Crippen molar-refractivity contribution in [2.24, 2.45) is 0 Å². The number of anilines is 1. The highest BCUT2D eigenvalue weighted by Gasteiger charge is 2.22. The van der Waals surface area contributed by atoms with E-state index in [1.165, 1.54) is 18.2 Å². The Bertz CT molecular complexity index is 709. The summed E-state index contributed by atoms with van der Waals surface area (Å²) in [6, 6.07) is 5.97. The Morgan fingerprint density at radius 1 is 1.14 bits per heavy atom. The third-order valence-electron chi connectivity index (χ3n) is 2.42.